The maximum atomic E-state index is 12.8. The molecule has 2 aromatic rings. The second kappa shape index (κ2) is 5.48. The van der Waals surface area contributed by atoms with Crippen molar-refractivity contribution < 1.29 is 18.3 Å². The molecule has 3 nitrogen and oxygen atoms in total. The van der Waals surface area contributed by atoms with Crippen molar-refractivity contribution >= 4 is 23.1 Å². The number of benzene rings is 1. The average molecular weight is 306 g/mol. The summed E-state index contributed by atoms with van der Waals surface area (Å²) in [5.41, 5.74) is -0.952. The van der Waals surface area contributed by atoms with Gasteiger partial charge in [-0.3, -0.25) is 0 Å². The van der Waals surface area contributed by atoms with Crippen LogP contribution in [0.3, 0.4) is 0 Å². The summed E-state index contributed by atoms with van der Waals surface area (Å²) in [6.07, 6.45) is -4.48. The molecule has 0 bridgehead atoms. The minimum atomic E-state index is -4.48. The van der Waals surface area contributed by atoms with Crippen LogP contribution in [0.15, 0.2) is 27.4 Å². The molecule has 19 heavy (non-hydrogen) atoms. The molecule has 1 aromatic heterocycles. The minimum absolute atomic E-state index is 0.134. The maximum absolute atomic E-state index is 12.8. The van der Waals surface area contributed by atoms with E-state index in [-0.39, 0.29) is 5.56 Å². The lowest BCUT2D eigenvalue weighted by molar-refractivity contribution is -0.138. The first kappa shape index (κ1) is 14.3. The Bertz CT molecular complexity index is 584. The molecule has 102 valence electrons. The van der Waals surface area contributed by atoms with E-state index in [1.165, 1.54) is 23.5 Å². The Hall–Kier alpha value is -1.12. The molecule has 0 aliphatic heterocycles. The number of aromatic nitrogens is 2. The summed E-state index contributed by atoms with van der Waals surface area (Å²) in [6, 6.07) is 3.83. The number of aliphatic hydroxyl groups excluding tert-OH is 1. The summed E-state index contributed by atoms with van der Waals surface area (Å²) in [7, 11) is 0. The number of aliphatic hydroxyl groups is 1. The van der Waals surface area contributed by atoms with Crippen molar-refractivity contribution in [2.45, 2.75) is 28.9 Å². The molecule has 0 saturated heterocycles. The Labute approximate surface area is 115 Å². The monoisotopic (exact) mass is 306 g/mol. The fraction of sp³-hybridized carbons (Fsp3) is 0.273. The van der Waals surface area contributed by atoms with Crippen molar-refractivity contribution in [3.8, 4) is 0 Å². The standard InChI is InChI=1S/C11H9F3N2OS2/c1-6-15-16-10(18-6)19-8-3-2-7(5-17)9(4-8)11(12,13)14/h2-4,17H,5H2,1H3. The minimum Gasteiger partial charge on any atom is -0.392 e. The smallest absolute Gasteiger partial charge is 0.392 e. The van der Waals surface area contributed by atoms with Crippen LogP contribution in [-0.4, -0.2) is 15.3 Å². The summed E-state index contributed by atoms with van der Waals surface area (Å²) < 4.78 is 39.0. The van der Waals surface area contributed by atoms with Crippen LogP contribution in [0.2, 0.25) is 0 Å². The van der Waals surface area contributed by atoms with Gasteiger partial charge in [0.25, 0.3) is 0 Å². The Morgan fingerprint density at radius 2 is 2.05 bits per heavy atom. The van der Waals surface area contributed by atoms with Crippen LogP contribution >= 0.6 is 23.1 Å². The molecule has 1 aromatic carbocycles. The predicted molar refractivity (Wildman–Crippen MR) is 66.1 cm³/mol. The maximum Gasteiger partial charge on any atom is 0.416 e. The van der Waals surface area contributed by atoms with Gasteiger partial charge in [-0.05, 0) is 24.6 Å². The fourth-order valence-electron chi connectivity index (χ4n) is 1.44. The van der Waals surface area contributed by atoms with E-state index in [0.717, 1.165) is 22.8 Å². The summed E-state index contributed by atoms with van der Waals surface area (Å²) in [6.45, 7) is 1.13. The van der Waals surface area contributed by atoms with Crippen molar-refractivity contribution in [1.29, 1.82) is 0 Å². The fourth-order valence-corrected chi connectivity index (χ4v) is 3.27. The van der Waals surface area contributed by atoms with Gasteiger partial charge in [0.1, 0.15) is 5.01 Å². The molecule has 0 amide bonds. The van der Waals surface area contributed by atoms with E-state index in [2.05, 4.69) is 10.2 Å². The van der Waals surface area contributed by atoms with Crippen molar-refractivity contribution in [1.82, 2.24) is 10.2 Å². The van der Waals surface area contributed by atoms with Crippen molar-refractivity contribution in [2.75, 3.05) is 0 Å². The van der Waals surface area contributed by atoms with Crippen LogP contribution in [0.5, 0.6) is 0 Å². The van der Waals surface area contributed by atoms with E-state index >= 15 is 0 Å². The number of halogens is 3. The average Bonchev–Trinajstić information content (AvgIpc) is 2.73. The third-order valence-electron chi connectivity index (χ3n) is 2.27. The number of hydrogen-bond acceptors (Lipinski definition) is 5. The first-order valence-corrected chi connectivity index (χ1v) is 6.82. The van der Waals surface area contributed by atoms with Crippen LogP contribution in [0.4, 0.5) is 13.2 Å². The van der Waals surface area contributed by atoms with Gasteiger partial charge in [0.15, 0.2) is 4.34 Å². The zero-order valence-corrected chi connectivity index (χ0v) is 11.4. The van der Waals surface area contributed by atoms with E-state index < -0.39 is 18.3 Å². The van der Waals surface area contributed by atoms with Gasteiger partial charge in [0.05, 0.1) is 12.2 Å². The molecule has 0 fully saturated rings. The molecule has 1 N–H and O–H groups in total. The summed E-state index contributed by atoms with van der Waals surface area (Å²) in [4.78, 5) is 0.417. The van der Waals surface area contributed by atoms with Gasteiger partial charge in [0, 0.05) is 4.90 Å². The van der Waals surface area contributed by atoms with Crippen LogP contribution in [-0.2, 0) is 12.8 Å². The Balaban J connectivity index is 2.32. The number of nitrogens with zero attached hydrogens (tertiary/aromatic N) is 2. The predicted octanol–water partition coefficient (Wildman–Crippen LogP) is 3.51. The van der Waals surface area contributed by atoms with Gasteiger partial charge >= 0.3 is 6.18 Å². The van der Waals surface area contributed by atoms with Gasteiger partial charge in [-0.25, -0.2) is 0 Å². The SMILES string of the molecule is Cc1nnc(Sc2ccc(CO)c(C(F)(F)F)c2)s1. The topological polar surface area (TPSA) is 46.0 Å². The number of aryl methyl sites for hydroxylation is 1. The Kier molecular flexibility index (Phi) is 4.12. The largest absolute Gasteiger partial charge is 0.416 e. The first-order chi connectivity index (χ1) is 8.90. The number of alkyl halides is 3. The lowest BCUT2D eigenvalue weighted by atomic mass is 10.1. The zero-order valence-electron chi connectivity index (χ0n) is 9.73. The highest BCUT2D eigenvalue weighted by Crippen LogP contribution is 2.37. The number of hydrogen-bond donors (Lipinski definition) is 1. The second-order valence-electron chi connectivity index (χ2n) is 3.66. The molecule has 0 unspecified atom stereocenters. The van der Waals surface area contributed by atoms with Gasteiger partial charge in [-0.15, -0.1) is 10.2 Å². The van der Waals surface area contributed by atoms with Crippen molar-refractivity contribution in [3.63, 3.8) is 0 Å². The molecule has 0 aliphatic rings. The molecule has 8 heteroatoms. The molecule has 2 rings (SSSR count). The van der Waals surface area contributed by atoms with Crippen LogP contribution < -0.4 is 0 Å². The molecule has 0 spiro atoms. The Morgan fingerprint density at radius 3 is 2.58 bits per heavy atom. The summed E-state index contributed by atoms with van der Waals surface area (Å²) in [5, 5.41) is 17.3. The number of rotatable bonds is 3. The summed E-state index contributed by atoms with van der Waals surface area (Å²) in [5.74, 6) is 0. The lowest BCUT2D eigenvalue weighted by Gasteiger charge is -2.12. The normalized spacial score (nSPS) is 11.8. The first-order valence-electron chi connectivity index (χ1n) is 5.19. The van der Waals surface area contributed by atoms with E-state index in [4.69, 9.17) is 5.11 Å². The molecule has 0 aliphatic carbocycles. The van der Waals surface area contributed by atoms with Crippen LogP contribution in [0.1, 0.15) is 16.1 Å². The zero-order chi connectivity index (χ0) is 14.0. The van der Waals surface area contributed by atoms with Gasteiger partial charge in [-0.1, -0.05) is 29.2 Å². The van der Waals surface area contributed by atoms with E-state index in [1.54, 1.807) is 6.92 Å². The molecular formula is C11H9F3N2OS2. The molecular weight excluding hydrogens is 297 g/mol. The van der Waals surface area contributed by atoms with E-state index in [0.29, 0.717) is 9.24 Å². The van der Waals surface area contributed by atoms with E-state index in [9.17, 15) is 13.2 Å². The highest BCUT2D eigenvalue weighted by atomic mass is 32.2. The quantitative estimate of drug-likeness (QED) is 0.942. The van der Waals surface area contributed by atoms with E-state index in [1.807, 2.05) is 0 Å². The third-order valence-corrected chi connectivity index (χ3v) is 4.15. The molecule has 0 atom stereocenters. The van der Waals surface area contributed by atoms with Gasteiger partial charge < -0.3 is 5.11 Å². The Morgan fingerprint density at radius 1 is 1.32 bits per heavy atom. The molecule has 0 radical (unpaired) electrons. The lowest BCUT2D eigenvalue weighted by Crippen LogP contribution is -2.09. The summed E-state index contributed by atoms with van der Waals surface area (Å²) >= 11 is 2.44. The molecule has 0 saturated carbocycles. The van der Waals surface area contributed by atoms with Crippen molar-refractivity contribution in [2.24, 2.45) is 0 Å². The molecule has 1 heterocycles. The highest BCUT2D eigenvalue weighted by molar-refractivity contribution is 8.01. The van der Waals surface area contributed by atoms with Gasteiger partial charge in [0.2, 0.25) is 0 Å². The van der Waals surface area contributed by atoms with Crippen molar-refractivity contribution in [3.05, 3.63) is 34.3 Å². The van der Waals surface area contributed by atoms with Gasteiger partial charge in [-0.2, -0.15) is 13.2 Å². The highest BCUT2D eigenvalue weighted by Gasteiger charge is 2.33. The van der Waals surface area contributed by atoms with Crippen LogP contribution in [0, 0.1) is 6.92 Å². The third kappa shape index (κ3) is 3.46. The second-order valence-corrected chi connectivity index (χ2v) is 6.17. The van der Waals surface area contributed by atoms with Crippen LogP contribution in [0.25, 0.3) is 0 Å².